The van der Waals surface area contributed by atoms with E-state index in [2.05, 4.69) is 10.1 Å². The summed E-state index contributed by atoms with van der Waals surface area (Å²) in [4.78, 5) is 11.0. The number of rotatable bonds is 10. The molecular weight excluding hydrogens is 226 g/mol. The Morgan fingerprint density at radius 1 is 1.35 bits per heavy atom. The minimum absolute atomic E-state index is 0.216. The minimum Gasteiger partial charge on any atom is -0.468 e. The van der Waals surface area contributed by atoms with Crippen molar-refractivity contribution in [3.63, 3.8) is 0 Å². The van der Waals surface area contributed by atoms with E-state index >= 15 is 0 Å². The van der Waals surface area contributed by atoms with Crippen LogP contribution in [0.3, 0.4) is 0 Å². The van der Waals surface area contributed by atoms with E-state index in [1.54, 1.807) is 6.92 Å². The average Bonchev–Trinajstić information content (AvgIpc) is 2.34. The molecule has 0 fully saturated rings. The van der Waals surface area contributed by atoms with E-state index in [0.717, 1.165) is 0 Å². The summed E-state index contributed by atoms with van der Waals surface area (Å²) in [7, 11) is 1.33. The molecule has 0 heterocycles. The number of methoxy groups -OCH3 is 1. The second-order valence-electron chi connectivity index (χ2n) is 3.58. The topological polar surface area (TPSA) is 77.0 Å². The summed E-state index contributed by atoms with van der Waals surface area (Å²) in [5.74, 6) is -0.352. The molecule has 0 amide bonds. The molecule has 6 heteroatoms. The highest BCUT2D eigenvalue weighted by Gasteiger charge is 2.13. The Hall–Kier alpha value is -0.690. The fourth-order valence-corrected chi connectivity index (χ4v) is 1.11. The Bertz CT molecular complexity index is 200. The van der Waals surface area contributed by atoms with Gasteiger partial charge in [-0.25, -0.2) is 0 Å². The fourth-order valence-electron chi connectivity index (χ4n) is 1.11. The van der Waals surface area contributed by atoms with Gasteiger partial charge in [0, 0.05) is 13.2 Å². The van der Waals surface area contributed by atoms with Crippen LogP contribution in [0.1, 0.15) is 13.8 Å². The normalized spacial score (nSPS) is 14.4. The number of hydrogen-bond acceptors (Lipinski definition) is 6. The van der Waals surface area contributed by atoms with Crippen molar-refractivity contribution < 1.29 is 24.1 Å². The van der Waals surface area contributed by atoms with Crippen LogP contribution in [0.15, 0.2) is 0 Å². The smallest absolute Gasteiger partial charge is 0.322 e. The first-order valence-corrected chi connectivity index (χ1v) is 5.76. The molecule has 0 aromatic heterocycles. The van der Waals surface area contributed by atoms with Crippen molar-refractivity contribution in [2.45, 2.75) is 26.0 Å². The Morgan fingerprint density at radius 3 is 2.59 bits per heavy atom. The predicted octanol–water partition coefficient (Wildman–Crippen LogP) is -0.448. The number of aliphatic hydroxyl groups excluding tert-OH is 1. The van der Waals surface area contributed by atoms with Crippen molar-refractivity contribution in [3.05, 3.63) is 0 Å². The number of aliphatic hydroxyl groups is 1. The van der Waals surface area contributed by atoms with Crippen LogP contribution in [0.5, 0.6) is 0 Å². The standard InChI is InChI=1S/C11H23NO5/c1-4-16-5-6-17-8-10(13)7-12-9(2)11(14)15-3/h9-10,12-13H,4-8H2,1-3H3. The maximum absolute atomic E-state index is 11.0. The monoisotopic (exact) mass is 249 g/mol. The second-order valence-corrected chi connectivity index (χ2v) is 3.58. The summed E-state index contributed by atoms with van der Waals surface area (Å²) in [6, 6.07) is -0.432. The van der Waals surface area contributed by atoms with Gasteiger partial charge < -0.3 is 24.6 Å². The average molecular weight is 249 g/mol. The zero-order chi connectivity index (χ0) is 13.1. The molecule has 6 nitrogen and oxygen atoms in total. The molecular formula is C11H23NO5. The molecule has 0 aromatic rings. The van der Waals surface area contributed by atoms with Gasteiger partial charge in [0.25, 0.3) is 0 Å². The molecule has 2 N–H and O–H groups in total. The summed E-state index contributed by atoms with van der Waals surface area (Å²) in [5, 5.41) is 12.4. The second kappa shape index (κ2) is 10.5. The predicted molar refractivity (Wildman–Crippen MR) is 62.8 cm³/mol. The van der Waals surface area contributed by atoms with Gasteiger partial charge in [-0.15, -0.1) is 0 Å². The van der Waals surface area contributed by atoms with Crippen molar-refractivity contribution >= 4 is 5.97 Å². The zero-order valence-electron chi connectivity index (χ0n) is 10.8. The molecule has 2 atom stereocenters. The SMILES string of the molecule is CCOCCOCC(O)CNC(C)C(=O)OC. The molecule has 0 saturated heterocycles. The third-order valence-electron chi connectivity index (χ3n) is 2.10. The van der Waals surface area contributed by atoms with E-state index in [-0.39, 0.29) is 19.1 Å². The molecule has 0 aliphatic carbocycles. The van der Waals surface area contributed by atoms with E-state index in [0.29, 0.717) is 19.8 Å². The molecule has 2 unspecified atom stereocenters. The number of nitrogens with one attached hydrogen (secondary N) is 1. The first-order chi connectivity index (χ1) is 8.11. The summed E-state index contributed by atoms with van der Waals surface area (Å²) in [6.07, 6.45) is -0.649. The lowest BCUT2D eigenvalue weighted by atomic mass is 10.3. The maximum Gasteiger partial charge on any atom is 0.322 e. The number of carbonyl (C=O) groups excluding carboxylic acids is 1. The number of hydrogen-bond donors (Lipinski definition) is 2. The summed E-state index contributed by atoms with van der Waals surface area (Å²) in [6.45, 7) is 5.72. The van der Waals surface area contributed by atoms with Gasteiger partial charge in [-0.3, -0.25) is 4.79 Å². The fraction of sp³-hybridized carbons (Fsp3) is 0.909. The van der Waals surface area contributed by atoms with Gasteiger partial charge in [0.15, 0.2) is 0 Å². The van der Waals surface area contributed by atoms with Crippen LogP contribution in [0, 0.1) is 0 Å². The van der Waals surface area contributed by atoms with E-state index in [1.807, 2.05) is 6.92 Å². The lowest BCUT2D eigenvalue weighted by molar-refractivity contribution is -0.142. The van der Waals surface area contributed by atoms with E-state index < -0.39 is 12.1 Å². The third-order valence-corrected chi connectivity index (χ3v) is 2.10. The molecule has 0 aromatic carbocycles. The summed E-state index contributed by atoms with van der Waals surface area (Å²) >= 11 is 0. The number of carbonyl (C=O) groups is 1. The van der Waals surface area contributed by atoms with Crippen LogP contribution < -0.4 is 5.32 Å². The zero-order valence-corrected chi connectivity index (χ0v) is 10.8. The van der Waals surface area contributed by atoms with Gasteiger partial charge in [-0.2, -0.15) is 0 Å². The van der Waals surface area contributed by atoms with Crippen molar-refractivity contribution in [2.75, 3.05) is 40.1 Å². The van der Waals surface area contributed by atoms with Crippen LogP contribution in [0.4, 0.5) is 0 Å². The van der Waals surface area contributed by atoms with Crippen molar-refractivity contribution in [1.29, 1.82) is 0 Å². The van der Waals surface area contributed by atoms with Gasteiger partial charge in [0.2, 0.25) is 0 Å². The first-order valence-electron chi connectivity index (χ1n) is 5.76. The molecule has 0 rings (SSSR count). The maximum atomic E-state index is 11.0. The molecule has 0 aliphatic heterocycles. The number of esters is 1. The van der Waals surface area contributed by atoms with Crippen molar-refractivity contribution in [1.82, 2.24) is 5.32 Å². The molecule has 0 aliphatic rings. The third kappa shape index (κ3) is 9.05. The van der Waals surface area contributed by atoms with Crippen LogP contribution >= 0.6 is 0 Å². The molecule has 102 valence electrons. The van der Waals surface area contributed by atoms with Crippen LogP contribution in [-0.2, 0) is 19.0 Å². The van der Waals surface area contributed by atoms with Crippen LogP contribution in [0.2, 0.25) is 0 Å². The van der Waals surface area contributed by atoms with Crippen LogP contribution in [-0.4, -0.2) is 63.3 Å². The number of ether oxygens (including phenoxy) is 3. The first kappa shape index (κ1) is 16.3. The van der Waals surface area contributed by atoms with Crippen molar-refractivity contribution in [2.24, 2.45) is 0 Å². The Morgan fingerprint density at radius 2 is 2.00 bits per heavy atom. The molecule has 0 bridgehead atoms. The van der Waals surface area contributed by atoms with Crippen molar-refractivity contribution in [3.8, 4) is 0 Å². The van der Waals surface area contributed by atoms with Gasteiger partial charge in [0.05, 0.1) is 33.0 Å². The molecule has 0 radical (unpaired) electrons. The minimum atomic E-state index is -0.649. The van der Waals surface area contributed by atoms with Gasteiger partial charge in [0.1, 0.15) is 6.04 Å². The van der Waals surface area contributed by atoms with Gasteiger partial charge in [-0.1, -0.05) is 0 Å². The summed E-state index contributed by atoms with van der Waals surface area (Å²) in [5.41, 5.74) is 0. The molecule has 0 saturated carbocycles. The van der Waals surface area contributed by atoms with Gasteiger partial charge >= 0.3 is 5.97 Å². The highest BCUT2D eigenvalue weighted by atomic mass is 16.5. The molecule has 0 spiro atoms. The highest BCUT2D eigenvalue weighted by Crippen LogP contribution is 1.89. The Kier molecular flexibility index (Phi) is 10.0. The summed E-state index contributed by atoms with van der Waals surface area (Å²) < 4.78 is 14.8. The quantitative estimate of drug-likeness (QED) is 0.403. The van der Waals surface area contributed by atoms with E-state index in [9.17, 15) is 9.90 Å². The Balaban J connectivity index is 3.45. The van der Waals surface area contributed by atoms with E-state index in [1.165, 1.54) is 7.11 Å². The molecule has 17 heavy (non-hydrogen) atoms. The van der Waals surface area contributed by atoms with E-state index in [4.69, 9.17) is 9.47 Å². The lowest BCUT2D eigenvalue weighted by Crippen LogP contribution is -2.40. The van der Waals surface area contributed by atoms with Crippen LogP contribution in [0.25, 0.3) is 0 Å². The lowest BCUT2D eigenvalue weighted by Gasteiger charge is -2.15. The van der Waals surface area contributed by atoms with Gasteiger partial charge in [-0.05, 0) is 13.8 Å². The largest absolute Gasteiger partial charge is 0.468 e. The highest BCUT2D eigenvalue weighted by molar-refractivity contribution is 5.75. The Labute approximate surface area is 102 Å².